The van der Waals surface area contributed by atoms with Crippen molar-refractivity contribution in [2.45, 2.75) is 58.3 Å². The van der Waals surface area contributed by atoms with Gasteiger partial charge in [-0.3, -0.25) is 4.90 Å². The first kappa shape index (κ1) is 17.8. The van der Waals surface area contributed by atoms with Crippen LogP contribution in [0.4, 0.5) is 0 Å². The molecule has 138 valence electrons. The van der Waals surface area contributed by atoms with E-state index in [-0.39, 0.29) is 0 Å². The van der Waals surface area contributed by atoms with Gasteiger partial charge in [-0.15, -0.1) is 11.3 Å². The van der Waals surface area contributed by atoms with Crippen molar-refractivity contribution in [3.05, 3.63) is 40.4 Å². The lowest BCUT2D eigenvalue weighted by molar-refractivity contribution is 0.189. The summed E-state index contributed by atoms with van der Waals surface area (Å²) in [5.74, 6) is 0. The molecule has 1 aromatic carbocycles. The van der Waals surface area contributed by atoms with E-state index in [9.17, 15) is 0 Å². The second-order valence-electron chi connectivity index (χ2n) is 6.95. The van der Waals surface area contributed by atoms with E-state index in [1.165, 1.54) is 29.0 Å². The number of fused-ring (bicyclic) bond motifs is 1. The Morgan fingerprint density at radius 1 is 1.27 bits per heavy atom. The van der Waals surface area contributed by atoms with Crippen molar-refractivity contribution in [2.24, 2.45) is 0 Å². The molecule has 7 heteroatoms. The first-order valence-corrected chi connectivity index (χ1v) is 10.7. The van der Waals surface area contributed by atoms with Gasteiger partial charge in [-0.2, -0.15) is 5.10 Å². The fourth-order valence-corrected chi connectivity index (χ4v) is 5.01. The van der Waals surface area contributed by atoms with Crippen LogP contribution in [-0.4, -0.2) is 30.8 Å². The van der Waals surface area contributed by atoms with E-state index in [1.807, 2.05) is 22.3 Å². The van der Waals surface area contributed by atoms with Gasteiger partial charge in [-0.05, 0) is 43.6 Å². The second-order valence-corrected chi connectivity index (χ2v) is 8.37. The highest BCUT2D eigenvalue weighted by molar-refractivity contribution is 7.71. The highest BCUT2D eigenvalue weighted by Crippen LogP contribution is 2.36. The van der Waals surface area contributed by atoms with Gasteiger partial charge in [0.1, 0.15) is 11.3 Å². The van der Waals surface area contributed by atoms with Crippen LogP contribution in [-0.2, 0) is 13.2 Å². The van der Waals surface area contributed by atoms with Crippen molar-refractivity contribution >= 4 is 33.8 Å². The Bertz CT molecular complexity index is 892. The molecule has 1 atom stereocenters. The van der Waals surface area contributed by atoms with Gasteiger partial charge in [-0.1, -0.05) is 31.9 Å². The Morgan fingerprint density at radius 3 is 3.00 bits per heavy atom. The third kappa shape index (κ3) is 3.61. The summed E-state index contributed by atoms with van der Waals surface area (Å²) in [6, 6.07) is 8.77. The number of aryl methyl sites for hydroxylation is 1. The predicted molar refractivity (Wildman–Crippen MR) is 109 cm³/mol. The highest BCUT2D eigenvalue weighted by atomic mass is 32.1. The van der Waals surface area contributed by atoms with Crippen LogP contribution < -0.4 is 0 Å². The van der Waals surface area contributed by atoms with Gasteiger partial charge in [0.05, 0.1) is 22.9 Å². The van der Waals surface area contributed by atoms with E-state index in [0.29, 0.717) is 6.04 Å². The summed E-state index contributed by atoms with van der Waals surface area (Å²) in [6.45, 7) is 5.01. The third-order valence-corrected chi connectivity index (χ3v) is 6.66. The van der Waals surface area contributed by atoms with Gasteiger partial charge in [0, 0.05) is 13.1 Å². The predicted octanol–water partition coefficient (Wildman–Crippen LogP) is 5.01. The minimum atomic E-state index is 0.375. The molecule has 1 aliphatic heterocycles. The zero-order valence-electron chi connectivity index (χ0n) is 15.2. The lowest BCUT2D eigenvalue weighted by Crippen LogP contribution is -2.27. The van der Waals surface area contributed by atoms with E-state index in [0.717, 1.165) is 42.9 Å². The lowest BCUT2D eigenvalue weighted by Gasteiger charge is -2.22. The maximum Gasteiger partial charge on any atom is 0.198 e. The van der Waals surface area contributed by atoms with E-state index >= 15 is 0 Å². The summed E-state index contributed by atoms with van der Waals surface area (Å²) < 4.78 is 6.17. The first-order valence-electron chi connectivity index (χ1n) is 9.48. The second kappa shape index (κ2) is 7.98. The molecule has 0 amide bonds. The van der Waals surface area contributed by atoms with E-state index < -0.39 is 0 Å². The summed E-state index contributed by atoms with van der Waals surface area (Å²) in [4.78, 5) is 7.35. The van der Waals surface area contributed by atoms with Gasteiger partial charge in [0.15, 0.2) is 4.77 Å². The maximum absolute atomic E-state index is 5.64. The molecular weight excluding hydrogens is 362 g/mol. The lowest BCUT2D eigenvalue weighted by atomic mass is 10.2. The SMILES string of the molecule is CCCCCn1cnn(CN2CCC[C@H]2c2nc3ccccc3s2)c1=S. The number of nitrogens with zero attached hydrogens (tertiary/aromatic N) is 5. The van der Waals surface area contributed by atoms with Gasteiger partial charge < -0.3 is 4.57 Å². The topological polar surface area (TPSA) is 38.9 Å². The molecule has 0 unspecified atom stereocenters. The Balaban J connectivity index is 1.50. The molecule has 1 fully saturated rings. The molecule has 0 bridgehead atoms. The molecule has 3 heterocycles. The van der Waals surface area contributed by atoms with Crippen LogP contribution in [0.3, 0.4) is 0 Å². The number of hydrogen-bond donors (Lipinski definition) is 0. The zero-order valence-corrected chi connectivity index (χ0v) is 16.8. The number of unbranched alkanes of at least 4 members (excludes halogenated alkanes) is 2. The van der Waals surface area contributed by atoms with Gasteiger partial charge in [-0.25, -0.2) is 9.67 Å². The fraction of sp³-hybridized carbons (Fsp3) is 0.526. The Labute approximate surface area is 163 Å². The molecule has 2 aromatic heterocycles. The average Bonchev–Trinajstić information content (AvgIpc) is 3.35. The number of rotatable bonds is 7. The quantitative estimate of drug-likeness (QED) is 0.422. The first-order chi connectivity index (χ1) is 12.8. The van der Waals surface area contributed by atoms with Gasteiger partial charge in [0.2, 0.25) is 0 Å². The summed E-state index contributed by atoms with van der Waals surface area (Å²) >= 11 is 7.46. The molecular formula is C19H25N5S2. The van der Waals surface area contributed by atoms with Crippen LogP contribution >= 0.6 is 23.6 Å². The van der Waals surface area contributed by atoms with Crippen molar-refractivity contribution in [3.63, 3.8) is 0 Å². The number of thiazole rings is 1. The van der Waals surface area contributed by atoms with Crippen molar-refractivity contribution in [2.75, 3.05) is 6.54 Å². The zero-order chi connectivity index (χ0) is 17.9. The fourth-order valence-electron chi connectivity index (χ4n) is 3.63. The number of aromatic nitrogens is 4. The van der Waals surface area contributed by atoms with Gasteiger partial charge in [0.25, 0.3) is 0 Å². The molecule has 0 radical (unpaired) electrons. The van der Waals surface area contributed by atoms with E-state index in [2.05, 4.69) is 45.8 Å². The molecule has 0 saturated carbocycles. The van der Waals surface area contributed by atoms with Crippen LogP contribution in [0, 0.1) is 4.77 Å². The van der Waals surface area contributed by atoms with Crippen molar-refractivity contribution in [3.8, 4) is 0 Å². The minimum Gasteiger partial charge on any atom is -0.307 e. The number of para-hydroxylation sites is 1. The molecule has 0 spiro atoms. The molecule has 26 heavy (non-hydrogen) atoms. The summed E-state index contributed by atoms with van der Waals surface area (Å²) in [6.07, 6.45) is 7.86. The van der Waals surface area contributed by atoms with Crippen LogP contribution in [0.2, 0.25) is 0 Å². The normalized spacial score (nSPS) is 18.1. The Kier molecular flexibility index (Phi) is 5.47. The standard InChI is InChI=1S/C19H25N5S2/c1-2-3-6-11-22-13-20-24(19(22)25)14-23-12-7-9-16(23)18-21-15-8-4-5-10-17(15)26-18/h4-5,8,10,13,16H,2-3,6-7,9,11-12,14H2,1H3/t16-/m0/s1. The van der Waals surface area contributed by atoms with Crippen LogP contribution in [0.1, 0.15) is 50.1 Å². The highest BCUT2D eigenvalue weighted by Gasteiger charge is 2.29. The van der Waals surface area contributed by atoms with E-state index in [4.69, 9.17) is 17.2 Å². The molecule has 3 aromatic rings. The number of benzene rings is 1. The van der Waals surface area contributed by atoms with Crippen molar-refractivity contribution in [1.82, 2.24) is 24.2 Å². The largest absolute Gasteiger partial charge is 0.307 e. The minimum absolute atomic E-state index is 0.375. The Morgan fingerprint density at radius 2 is 2.15 bits per heavy atom. The Hall–Kier alpha value is -1.57. The van der Waals surface area contributed by atoms with Crippen LogP contribution in [0.5, 0.6) is 0 Å². The third-order valence-electron chi connectivity index (χ3n) is 5.07. The summed E-state index contributed by atoms with van der Waals surface area (Å²) in [5, 5.41) is 5.77. The van der Waals surface area contributed by atoms with Crippen molar-refractivity contribution in [1.29, 1.82) is 0 Å². The molecule has 1 saturated heterocycles. The molecule has 0 N–H and O–H groups in total. The molecule has 1 aliphatic rings. The van der Waals surface area contributed by atoms with Crippen molar-refractivity contribution < 1.29 is 0 Å². The molecule has 4 rings (SSSR count). The maximum atomic E-state index is 5.64. The summed E-state index contributed by atoms with van der Waals surface area (Å²) in [5.41, 5.74) is 1.11. The van der Waals surface area contributed by atoms with Gasteiger partial charge >= 0.3 is 0 Å². The smallest absolute Gasteiger partial charge is 0.198 e. The van der Waals surface area contributed by atoms with E-state index in [1.54, 1.807) is 0 Å². The average molecular weight is 388 g/mol. The monoisotopic (exact) mass is 387 g/mol. The van der Waals surface area contributed by atoms with Crippen LogP contribution in [0.25, 0.3) is 10.2 Å². The molecule has 0 aliphatic carbocycles. The number of hydrogen-bond acceptors (Lipinski definition) is 5. The molecule has 5 nitrogen and oxygen atoms in total. The van der Waals surface area contributed by atoms with Crippen LogP contribution in [0.15, 0.2) is 30.6 Å². The number of likely N-dealkylation sites (tertiary alicyclic amines) is 1. The summed E-state index contributed by atoms with van der Waals surface area (Å²) in [7, 11) is 0.